The second kappa shape index (κ2) is 11.6. The summed E-state index contributed by atoms with van der Waals surface area (Å²) in [5.41, 5.74) is 1.35. The van der Waals surface area contributed by atoms with E-state index in [-0.39, 0.29) is 0 Å². The number of hydrogen-bond acceptors (Lipinski definition) is 3. The van der Waals surface area contributed by atoms with Gasteiger partial charge in [-0.3, -0.25) is 0 Å². The molecule has 0 unspecified atom stereocenters. The second-order valence-corrected chi connectivity index (χ2v) is 9.21. The molecule has 5 heteroatoms. The molecule has 0 radical (unpaired) electrons. The predicted octanol–water partition coefficient (Wildman–Crippen LogP) is 5.05. The molecular weight excluding hydrogens is 407 g/mol. The van der Waals surface area contributed by atoms with Crippen molar-refractivity contribution in [2.75, 3.05) is 19.8 Å². The Bertz CT molecular complexity index is 393. The van der Waals surface area contributed by atoms with Crippen molar-refractivity contribution < 1.29 is 13.3 Å². The summed E-state index contributed by atoms with van der Waals surface area (Å²) in [6, 6.07) is 9.34. The van der Waals surface area contributed by atoms with Gasteiger partial charge in [-0.15, -0.1) is 0 Å². The summed E-state index contributed by atoms with van der Waals surface area (Å²) in [6.45, 7) is 8.51. The molecule has 0 heterocycles. The van der Waals surface area contributed by atoms with Crippen molar-refractivity contribution in [2.45, 2.75) is 52.5 Å². The first-order valence-corrected chi connectivity index (χ1v) is 11.3. The minimum atomic E-state index is -2.57. The van der Waals surface area contributed by atoms with Gasteiger partial charge in [0.15, 0.2) is 0 Å². The van der Waals surface area contributed by atoms with Gasteiger partial charge in [0.2, 0.25) is 0 Å². The van der Waals surface area contributed by atoms with E-state index in [1.54, 1.807) is 0 Å². The fraction of sp³-hybridized carbons (Fsp3) is 0.647. The first-order valence-electron chi connectivity index (χ1n) is 8.32. The maximum atomic E-state index is 6.14. The van der Waals surface area contributed by atoms with Gasteiger partial charge in [-0.05, 0) is 59.9 Å². The van der Waals surface area contributed by atoms with Crippen molar-refractivity contribution in [3.05, 3.63) is 33.4 Å². The Kier molecular flexibility index (Phi) is 10.6. The van der Waals surface area contributed by atoms with Crippen LogP contribution >= 0.6 is 22.6 Å². The maximum absolute atomic E-state index is 6.14. The summed E-state index contributed by atoms with van der Waals surface area (Å²) in [4.78, 5) is 0. The van der Waals surface area contributed by atoms with Gasteiger partial charge in [-0.2, -0.15) is 0 Å². The van der Waals surface area contributed by atoms with Gasteiger partial charge in [0.25, 0.3) is 0 Å². The van der Waals surface area contributed by atoms with Crippen LogP contribution < -0.4 is 0 Å². The monoisotopic (exact) mass is 436 g/mol. The van der Waals surface area contributed by atoms with Gasteiger partial charge >= 0.3 is 8.80 Å². The van der Waals surface area contributed by atoms with E-state index in [4.69, 9.17) is 13.3 Å². The van der Waals surface area contributed by atoms with E-state index >= 15 is 0 Å². The van der Waals surface area contributed by atoms with E-state index in [9.17, 15) is 0 Å². The third kappa shape index (κ3) is 7.08. The van der Waals surface area contributed by atoms with Crippen LogP contribution in [0, 0.1) is 3.57 Å². The Hall–Kier alpha value is 0.0469. The lowest BCUT2D eigenvalue weighted by molar-refractivity contribution is 0.0593. The molecule has 1 rings (SSSR count). The van der Waals surface area contributed by atoms with Gasteiger partial charge in [0.05, 0.1) is 0 Å². The van der Waals surface area contributed by atoms with Gasteiger partial charge in [-0.25, -0.2) is 0 Å². The molecule has 0 atom stereocenters. The van der Waals surface area contributed by atoms with Crippen molar-refractivity contribution in [3.8, 4) is 0 Å². The Morgan fingerprint density at radius 2 is 1.36 bits per heavy atom. The van der Waals surface area contributed by atoms with Crippen LogP contribution in [0.5, 0.6) is 0 Å². The van der Waals surface area contributed by atoms with Crippen LogP contribution in [-0.2, 0) is 19.7 Å². The van der Waals surface area contributed by atoms with E-state index in [0.717, 1.165) is 31.7 Å². The summed E-state index contributed by atoms with van der Waals surface area (Å²) < 4.78 is 19.7. The number of hydrogen-bond donors (Lipinski definition) is 0. The van der Waals surface area contributed by atoms with Crippen LogP contribution in [0.1, 0.15) is 45.6 Å². The molecule has 0 bridgehead atoms. The van der Waals surface area contributed by atoms with Crippen LogP contribution in [0.3, 0.4) is 0 Å². The molecule has 0 aliphatic rings. The summed E-state index contributed by atoms with van der Waals surface area (Å²) in [6.07, 6.45) is 3.91. The van der Waals surface area contributed by atoms with E-state index in [0.29, 0.717) is 19.8 Å². The number of rotatable bonds is 12. The third-order valence-electron chi connectivity index (χ3n) is 3.24. The van der Waals surface area contributed by atoms with Crippen LogP contribution in [-0.4, -0.2) is 28.6 Å². The minimum absolute atomic E-state index is 0.714. The second-order valence-electron chi connectivity index (χ2n) is 5.32. The fourth-order valence-corrected chi connectivity index (χ4v) is 5.56. The predicted molar refractivity (Wildman–Crippen MR) is 102 cm³/mol. The third-order valence-corrected chi connectivity index (χ3v) is 7.08. The molecule has 0 amide bonds. The van der Waals surface area contributed by atoms with Crippen LogP contribution in [0.15, 0.2) is 24.3 Å². The highest BCUT2D eigenvalue weighted by Gasteiger charge is 2.40. The van der Waals surface area contributed by atoms with Crippen molar-refractivity contribution in [1.82, 2.24) is 0 Å². The van der Waals surface area contributed by atoms with Gasteiger partial charge in [0, 0.05) is 29.4 Å². The lowest BCUT2D eigenvalue weighted by Gasteiger charge is -2.29. The molecule has 0 spiro atoms. The Morgan fingerprint density at radius 1 is 0.864 bits per heavy atom. The van der Waals surface area contributed by atoms with Crippen molar-refractivity contribution in [2.24, 2.45) is 0 Å². The highest BCUT2D eigenvalue weighted by Crippen LogP contribution is 2.22. The summed E-state index contributed by atoms with van der Waals surface area (Å²) in [7, 11) is -2.57. The van der Waals surface area contributed by atoms with Gasteiger partial charge in [-0.1, -0.05) is 39.0 Å². The topological polar surface area (TPSA) is 27.7 Å². The smallest absolute Gasteiger partial charge is 0.373 e. The SMILES string of the molecule is CCCO[Si](CCc1ccccc1I)(OCCC)OCCC. The van der Waals surface area contributed by atoms with E-state index in [1.165, 1.54) is 9.13 Å². The Balaban J connectivity index is 2.78. The lowest BCUT2D eigenvalue weighted by atomic mass is 10.2. The fourth-order valence-electron chi connectivity index (χ4n) is 2.10. The van der Waals surface area contributed by atoms with Crippen molar-refractivity contribution in [3.63, 3.8) is 0 Å². The molecule has 22 heavy (non-hydrogen) atoms. The molecule has 0 saturated carbocycles. The van der Waals surface area contributed by atoms with Crippen LogP contribution in [0.2, 0.25) is 6.04 Å². The average molecular weight is 436 g/mol. The number of benzene rings is 1. The van der Waals surface area contributed by atoms with E-state index in [2.05, 4.69) is 67.6 Å². The molecule has 1 aromatic rings. The maximum Gasteiger partial charge on any atom is 0.501 e. The van der Waals surface area contributed by atoms with Gasteiger partial charge in [0.1, 0.15) is 0 Å². The quantitative estimate of drug-likeness (QED) is 0.339. The molecule has 0 fully saturated rings. The highest BCUT2D eigenvalue weighted by molar-refractivity contribution is 14.1. The lowest BCUT2D eigenvalue weighted by Crippen LogP contribution is -2.47. The minimum Gasteiger partial charge on any atom is -0.373 e. The molecule has 0 aliphatic heterocycles. The number of aryl methyl sites for hydroxylation is 1. The molecule has 0 aliphatic carbocycles. The zero-order chi connectivity index (χ0) is 16.3. The van der Waals surface area contributed by atoms with Crippen LogP contribution in [0.4, 0.5) is 0 Å². The normalized spacial score (nSPS) is 11.8. The summed E-state index contributed by atoms with van der Waals surface area (Å²) >= 11 is 2.39. The highest BCUT2D eigenvalue weighted by atomic mass is 127. The molecular formula is C17H29IO3Si. The molecule has 0 N–H and O–H groups in total. The summed E-state index contributed by atoms with van der Waals surface area (Å²) in [5.74, 6) is 0. The van der Waals surface area contributed by atoms with E-state index in [1.807, 2.05) is 0 Å². The Labute approximate surface area is 150 Å². The number of halogens is 1. The molecule has 126 valence electrons. The van der Waals surface area contributed by atoms with Crippen molar-refractivity contribution >= 4 is 31.4 Å². The van der Waals surface area contributed by atoms with Gasteiger partial charge < -0.3 is 13.3 Å². The zero-order valence-electron chi connectivity index (χ0n) is 14.1. The first kappa shape index (κ1) is 20.1. The summed E-state index contributed by atoms with van der Waals surface area (Å²) in [5, 5.41) is 0. The standard InChI is InChI=1S/C17H29IO3Si/c1-4-12-19-22(20-13-5-2,21-14-6-3)15-11-16-9-7-8-10-17(16)18/h7-10H,4-6,11-15H2,1-3H3. The van der Waals surface area contributed by atoms with Crippen LogP contribution in [0.25, 0.3) is 0 Å². The first-order chi connectivity index (χ1) is 10.7. The molecule has 3 nitrogen and oxygen atoms in total. The van der Waals surface area contributed by atoms with E-state index < -0.39 is 8.80 Å². The molecule has 1 aromatic carbocycles. The van der Waals surface area contributed by atoms with Crippen molar-refractivity contribution in [1.29, 1.82) is 0 Å². The molecule has 0 aromatic heterocycles. The average Bonchev–Trinajstić information content (AvgIpc) is 2.55. The Morgan fingerprint density at radius 3 is 1.82 bits per heavy atom. The zero-order valence-corrected chi connectivity index (χ0v) is 17.2. The molecule has 0 saturated heterocycles. The largest absolute Gasteiger partial charge is 0.501 e.